The van der Waals surface area contributed by atoms with Crippen LogP contribution in [0.2, 0.25) is 5.02 Å². The number of aliphatic hydroxyl groups excluding tert-OH is 1. The summed E-state index contributed by atoms with van der Waals surface area (Å²) in [6, 6.07) is 20.2. The molecule has 1 aliphatic rings. The van der Waals surface area contributed by atoms with Crippen LogP contribution in [0, 0.1) is 3.57 Å². The third kappa shape index (κ3) is 5.54. The number of nitrogens with one attached hydrogen (secondary N) is 2. The first-order valence-electron chi connectivity index (χ1n) is 12.0. The maximum Gasteiger partial charge on any atom is 0.325 e. The van der Waals surface area contributed by atoms with E-state index >= 15 is 0 Å². The highest BCUT2D eigenvalue weighted by atomic mass is 127. The van der Waals surface area contributed by atoms with Gasteiger partial charge in [0.05, 0.1) is 23.5 Å². The van der Waals surface area contributed by atoms with E-state index in [0.29, 0.717) is 34.3 Å². The minimum Gasteiger partial charge on any atom is -0.491 e. The SMILES string of the molecule is O=C1N[C@H](c2ccc(OCCO)cc2)C(=O)N1[C@@H](Cc1ccccc1)c1ncc(-c2ccc(I)cc2Cl)[nH]1. The number of aliphatic hydroxyl groups is 1. The van der Waals surface area contributed by atoms with Gasteiger partial charge >= 0.3 is 6.03 Å². The summed E-state index contributed by atoms with van der Waals surface area (Å²) in [6.07, 6.45) is 2.05. The van der Waals surface area contributed by atoms with Crippen LogP contribution in [0.4, 0.5) is 4.79 Å². The summed E-state index contributed by atoms with van der Waals surface area (Å²) in [7, 11) is 0. The standard InChI is InChI=1S/C28H24ClIN4O4/c29-22-15-19(30)8-11-21(22)23-16-31-26(32-23)24(14-17-4-2-1-3-5-17)34-27(36)25(33-28(34)37)18-6-9-20(10-7-18)38-13-12-35/h1-11,15-16,24-25,35H,12-14H2,(H,31,32)(H,33,37)/t24-,25+/m0/s1. The molecule has 8 nitrogen and oxygen atoms in total. The van der Waals surface area contributed by atoms with Crippen molar-refractivity contribution in [2.75, 3.05) is 13.2 Å². The Morgan fingerprint density at radius 2 is 1.84 bits per heavy atom. The Labute approximate surface area is 238 Å². The van der Waals surface area contributed by atoms with Crippen LogP contribution < -0.4 is 10.1 Å². The Morgan fingerprint density at radius 1 is 1.08 bits per heavy atom. The van der Waals surface area contributed by atoms with E-state index in [1.54, 1.807) is 30.5 Å². The van der Waals surface area contributed by atoms with Gasteiger partial charge in [0, 0.05) is 15.6 Å². The average molecular weight is 643 g/mol. The summed E-state index contributed by atoms with van der Waals surface area (Å²) < 4.78 is 6.41. The highest BCUT2D eigenvalue weighted by Gasteiger charge is 2.44. The Kier molecular flexibility index (Phi) is 7.96. The maximum absolute atomic E-state index is 13.7. The molecule has 10 heteroatoms. The second-order valence-electron chi connectivity index (χ2n) is 8.74. The predicted octanol–water partition coefficient (Wildman–Crippen LogP) is 5.28. The monoisotopic (exact) mass is 642 g/mol. The van der Waals surface area contributed by atoms with Gasteiger partial charge in [0.2, 0.25) is 0 Å². The molecule has 1 aliphatic heterocycles. The molecule has 5 rings (SSSR count). The van der Waals surface area contributed by atoms with E-state index in [4.69, 9.17) is 21.4 Å². The van der Waals surface area contributed by atoms with Crippen molar-refractivity contribution >= 4 is 46.1 Å². The first-order chi connectivity index (χ1) is 18.4. The molecule has 0 saturated carbocycles. The van der Waals surface area contributed by atoms with Crippen LogP contribution >= 0.6 is 34.2 Å². The zero-order chi connectivity index (χ0) is 26.6. The molecule has 38 heavy (non-hydrogen) atoms. The minimum atomic E-state index is -0.840. The van der Waals surface area contributed by atoms with Crippen molar-refractivity contribution in [3.63, 3.8) is 0 Å². The summed E-state index contributed by atoms with van der Waals surface area (Å²) >= 11 is 8.68. The van der Waals surface area contributed by atoms with Gasteiger partial charge in [-0.15, -0.1) is 0 Å². The van der Waals surface area contributed by atoms with E-state index < -0.39 is 18.1 Å². The highest BCUT2D eigenvalue weighted by molar-refractivity contribution is 14.1. The number of aromatic amines is 1. The van der Waals surface area contributed by atoms with Gasteiger partial charge in [0.25, 0.3) is 5.91 Å². The van der Waals surface area contributed by atoms with E-state index in [1.807, 2.05) is 48.5 Å². The number of rotatable bonds is 9. The van der Waals surface area contributed by atoms with Gasteiger partial charge < -0.3 is 20.1 Å². The van der Waals surface area contributed by atoms with Crippen LogP contribution in [0.25, 0.3) is 11.3 Å². The normalized spacial score (nSPS) is 16.0. The average Bonchev–Trinajstić information content (AvgIpc) is 3.51. The smallest absolute Gasteiger partial charge is 0.325 e. The summed E-state index contributed by atoms with van der Waals surface area (Å²) in [6.45, 7) is 0.0763. The molecule has 4 aromatic rings. The van der Waals surface area contributed by atoms with Crippen molar-refractivity contribution in [2.45, 2.75) is 18.5 Å². The first-order valence-corrected chi connectivity index (χ1v) is 13.4. The molecule has 2 heterocycles. The molecule has 3 amide bonds. The van der Waals surface area contributed by atoms with Crippen LogP contribution in [0.1, 0.15) is 29.0 Å². The molecule has 0 radical (unpaired) electrons. The fraction of sp³-hybridized carbons (Fsp3) is 0.179. The lowest BCUT2D eigenvalue weighted by Crippen LogP contribution is -2.36. The van der Waals surface area contributed by atoms with Crippen LogP contribution in [0.15, 0.2) is 79.0 Å². The van der Waals surface area contributed by atoms with Gasteiger partial charge in [0.1, 0.15) is 30.3 Å². The molecule has 1 aromatic heterocycles. The largest absolute Gasteiger partial charge is 0.491 e. The van der Waals surface area contributed by atoms with Crippen molar-refractivity contribution in [2.24, 2.45) is 0 Å². The molecule has 0 aliphatic carbocycles. The molecule has 0 spiro atoms. The van der Waals surface area contributed by atoms with E-state index in [2.05, 4.69) is 37.9 Å². The molecule has 0 unspecified atom stereocenters. The first kappa shape index (κ1) is 26.2. The molecule has 3 N–H and O–H groups in total. The Bertz CT molecular complexity index is 1450. The molecule has 0 bridgehead atoms. The lowest BCUT2D eigenvalue weighted by Gasteiger charge is -2.24. The van der Waals surface area contributed by atoms with Crippen molar-refractivity contribution < 1.29 is 19.4 Å². The molecule has 1 saturated heterocycles. The number of aromatic nitrogens is 2. The quantitative estimate of drug-likeness (QED) is 0.170. The number of carbonyl (C=O) groups is 2. The summed E-state index contributed by atoms with van der Waals surface area (Å²) in [5.74, 6) is 0.677. The van der Waals surface area contributed by atoms with Gasteiger partial charge in [-0.05, 0) is 58.0 Å². The second-order valence-corrected chi connectivity index (χ2v) is 10.4. The van der Waals surface area contributed by atoms with E-state index in [-0.39, 0.29) is 19.1 Å². The van der Waals surface area contributed by atoms with E-state index in [9.17, 15) is 9.59 Å². The van der Waals surface area contributed by atoms with E-state index in [0.717, 1.165) is 14.7 Å². The van der Waals surface area contributed by atoms with Crippen molar-refractivity contribution in [1.82, 2.24) is 20.2 Å². The van der Waals surface area contributed by atoms with Crippen molar-refractivity contribution in [1.29, 1.82) is 0 Å². The van der Waals surface area contributed by atoms with Gasteiger partial charge in [-0.2, -0.15) is 0 Å². The lowest BCUT2D eigenvalue weighted by atomic mass is 10.0. The molecular formula is C28H24ClIN4O4. The Morgan fingerprint density at radius 3 is 2.55 bits per heavy atom. The number of imidazole rings is 1. The number of hydrogen-bond donors (Lipinski definition) is 3. The number of amides is 3. The molecule has 2 atom stereocenters. The topological polar surface area (TPSA) is 108 Å². The lowest BCUT2D eigenvalue weighted by molar-refractivity contribution is -0.129. The number of ether oxygens (including phenoxy) is 1. The van der Waals surface area contributed by atoms with Gasteiger partial charge in [0.15, 0.2) is 0 Å². The second kappa shape index (κ2) is 11.5. The number of carbonyl (C=O) groups excluding carboxylic acids is 2. The predicted molar refractivity (Wildman–Crippen MR) is 152 cm³/mol. The fourth-order valence-electron chi connectivity index (χ4n) is 4.43. The molecule has 3 aromatic carbocycles. The number of H-pyrrole nitrogens is 1. The molecule has 1 fully saturated rings. The summed E-state index contributed by atoms with van der Waals surface area (Å²) in [5.41, 5.74) is 3.06. The number of nitrogens with zero attached hydrogens (tertiary/aromatic N) is 2. The third-order valence-corrected chi connectivity index (χ3v) is 7.24. The zero-order valence-electron chi connectivity index (χ0n) is 20.1. The van der Waals surface area contributed by atoms with Crippen molar-refractivity contribution in [3.8, 4) is 17.0 Å². The van der Waals surface area contributed by atoms with Crippen LogP contribution in [-0.4, -0.2) is 45.1 Å². The number of imide groups is 1. The maximum atomic E-state index is 13.7. The Balaban J connectivity index is 1.46. The fourth-order valence-corrected chi connectivity index (χ4v) is 5.39. The summed E-state index contributed by atoms with van der Waals surface area (Å²) in [5, 5.41) is 12.3. The van der Waals surface area contributed by atoms with Crippen LogP contribution in [0.3, 0.4) is 0 Å². The van der Waals surface area contributed by atoms with Crippen LogP contribution in [-0.2, 0) is 11.2 Å². The molecule has 194 valence electrons. The van der Waals surface area contributed by atoms with Gasteiger partial charge in [-0.3, -0.25) is 9.69 Å². The Hall–Kier alpha value is -3.41. The van der Waals surface area contributed by atoms with Gasteiger partial charge in [-0.1, -0.05) is 60.1 Å². The van der Waals surface area contributed by atoms with E-state index in [1.165, 1.54) is 4.90 Å². The van der Waals surface area contributed by atoms with Crippen molar-refractivity contribution in [3.05, 3.63) is 105 Å². The number of halogens is 2. The number of hydrogen-bond acceptors (Lipinski definition) is 5. The van der Waals surface area contributed by atoms with Crippen LogP contribution in [0.5, 0.6) is 5.75 Å². The molecular weight excluding hydrogens is 619 g/mol. The number of urea groups is 1. The summed E-state index contributed by atoms with van der Waals surface area (Å²) in [4.78, 5) is 36.0. The minimum absolute atomic E-state index is 0.0963. The highest BCUT2D eigenvalue weighted by Crippen LogP contribution is 2.34. The zero-order valence-corrected chi connectivity index (χ0v) is 23.0. The number of benzene rings is 3. The van der Waals surface area contributed by atoms with Gasteiger partial charge in [-0.25, -0.2) is 9.78 Å². The third-order valence-electron chi connectivity index (χ3n) is 6.26.